The average Bonchev–Trinajstić information content (AvgIpc) is 2.90. The van der Waals surface area contributed by atoms with Crippen LogP contribution in [0.1, 0.15) is 16.7 Å². The first kappa shape index (κ1) is 14.5. The summed E-state index contributed by atoms with van der Waals surface area (Å²) in [6, 6.07) is 16.3. The number of aryl methyl sites for hydroxylation is 3. The van der Waals surface area contributed by atoms with E-state index in [1.165, 1.54) is 22.4 Å². The molecule has 0 atom stereocenters. The second-order valence-electron chi connectivity index (χ2n) is 6.29. The number of furan rings is 1. The lowest BCUT2D eigenvalue weighted by Gasteiger charge is -2.05. The summed E-state index contributed by atoms with van der Waals surface area (Å²) in [6.07, 6.45) is 2.13. The Bertz CT molecular complexity index is 1150. The van der Waals surface area contributed by atoms with Crippen LogP contribution in [0, 0.1) is 25.2 Å². The van der Waals surface area contributed by atoms with E-state index in [4.69, 9.17) is 9.68 Å². The Morgan fingerprint density at radius 3 is 2.50 bits per heavy atom. The molecule has 0 N–H and O–H groups in total. The molecule has 0 bridgehead atoms. The van der Waals surface area contributed by atoms with Crippen LogP contribution in [0.2, 0.25) is 0 Å². The lowest BCUT2D eigenvalue weighted by molar-refractivity contribution is -0.660. The fourth-order valence-electron chi connectivity index (χ4n) is 3.30. The van der Waals surface area contributed by atoms with E-state index < -0.39 is 0 Å². The largest absolute Gasteiger partial charge is 0.456 e. The topological polar surface area (TPSA) is 40.8 Å². The molecule has 0 spiro atoms. The zero-order valence-corrected chi connectivity index (χ0v) is 13.9. The van der Waals surface area contributed by atoms with Crippen molar-refractivity contribution < 1.29 is 8.98 Å². The van der Waals surface area contributed by atoms with Gasteiger partial charge in [0.15, 0.2) is 6.20 Å². The summed E-state index contributed by atoms with van der Waals surface area (Å²) >= 11 is 0. The third kappa shape index (κ3) is 2.16. The molecule has 0 unspecified atom stereocenters. The molecule has 0 aliphatic rings. The highest BCUT2D eigenvalue weighted by atomic mass is 16.3. The van der Waals surface area contributed by atoms with Gasteiger partial charge < -0.3 is 4.42 Å². The van der Waals surface area contributed by atoms with Gasteiger partial charge in [-0.25, -0.2) is 4.57 Å². The minimum absolute atomic E-state index is 0.614. The van der Waals surface area contributed by atoms with Gasteiger partial charge in [0, 0.05) is 28.0 Å². The summed E-state index contributed by atoms with van der Waals surface area (Å²) in [5.74, 6) is 0. The van der Waals surface area contributed by atoms with E-state index >= 15 is 0 Å². The van der Waals surface area contributed by atoms with Crippen LogP contribution in [0.5, 0.6) is 0 Å². The molecule has 2 heterocycles. The quantitative estimate of drug-likeness (QED) is 0.483. The van der Waals surface area contributed by atoms with Gasteiger partial charge in [0.1, 0.15) is 18.2 Å². The Hall–Kier alpha value is -3.12. The van der Waals surface area contributed by atoms with Crippen LogP contribution in [0.3, 0.4) is 0 Å². The smallest absolute Gasteiger partial charge is 0.212 e. The standard InChI is InChI=1S/C21H17N2O/c1-13-4-7-19(23(3)12-13)17-10-18-16-6-5-15(11-22)9-21(16)24-20(18)8-14(17)2/h4-10,12H,1-3H3/q+1. The molecule has 2 aromatic heterocycles. The van der Waals surface area contributed by atoms with Crippen LogP contribution in [0.25, 0.3) is 33.2 Å². The Morgan fingerprint density at radius 2 is 1.75 bits per heavy atom. The van der Waals surface area contributed by atoms with Crippen LogP contribution in [-0.4, -0.2) is 0 Å². The van der Waals surface area contributed by atoms with E-state index in [1.807, 2.05) is 12.1 Å². The highest BCUT2D eigenvalue weighted by Gasteiger charge is 2.16. The van der Waals surface area contributed by atoms with Crippen LogP contribution < -0.4 is 4.57 Å². The monoisotopic (exact) mass is 313 g/mol. The third-order valence-corrected chi connectivity index (χ3v) is 4.50. The van der Waals surface area contributed by atoms with Crippen molar-refractivity contribution in [1.29, 1.82) is 5.26 Å². The summed E-state index contributed by atoms with van der Waals surface area (Å²) in [4.78, 5) is 0. The second kappa shape index (κ2) is 5.21. The summed E-state index contributed by atoms with van der Waals surface area (Å²) in [5, 5.41) is 11.2. The van der Waals surface area contributed by atoms with Crippen molar-refractivity contribution in [2.45, 2.75) is 13.8 Å². The number of pyridine rings is 1. The van der Waals surface area contributed by atoms with Crippen molar-refractivity contribution in [3.8, 4) is 17.3 Å². The van der Waals surface area contributed by atoms with E-state index in [-0.39, 0.29) is 0 Å². The maximum absolute atomic E-state index is 9.07. The molecule has 3 nitrogen and oxygen atoms in total. The summed E-state index contributed by atoms with van der Waals surface area (Å²) < 4.78 is 8.11. The Balaban J connectivity index is 2.02. The Morgan fingerprint density at radius 1 is 0.958 bits per heavy atom. The highest BCUT2D eigenvalue weighted by molar-refractivity contribution is 6.06. The SMILES string of the molecule is Cc1ccc(-c2cc3c(cc2C)oc2cc(C#N)ccc23)[n+](C)c1. The minimum Gasteiger partial charge on any atom is -0.456 e. The van der Waals surface area contributed by atoms with Crippen LogP contribution in [0.4, 0.5) is 0 Å². The van der Waals surface area contributed by atoms with Gasteiger partial charge in [-0.05, 0) is 55.8 Å². The van der Waals surface area contributed by atoms with Gasteiger partial charge in [0.05, 0.1) is 11.6 Å². The van der Waals surface area contributed by atoms with Crippen molar-refractivity contribution in [1.82, 2.24) is 0 Å². The fraction of sp³-hybridized carbons (Fsp3) is 0.143. The zero-order valence-electron chi connectivity index (χ0n) is 13.9. The van der Waals surface area contributed by atoms with Gasteiger partial charge in [0.25, 0.3) is 0 Å². The molecule has 3 heteroatoms. The van der Waals surface area contributed by atoms with Gasteiger partial charge in [-0.2, -0.15) is 5.26 Å². The van der Waals surface area contributed by atoms with Crippen molar-refractivity contribution >= 4 is 21.9 Å². The molecule has 0 saturated heterocycles. The molecule has 0 amide bonds. The van der Waals surface area contributed by atoms with Gasteiger partial charge in [0.2, 0.25) is 5.69 Å². The highest BCUT2D eigenvalue weighted by Crippen LogP contribution is 2.34. The Kier molecular flexibility index (Phi) is 3.14. The normalized spacial score (nSPS) is 11.1. The first-order valence-corrected chi connectivity index (χ1v) is 7.90. The third-order valence-electron chi connectivity index (χ3n) is 4.50. The molecule has 2 aromatic carbocycles. The zero-order chi connectivity index (χ0) is 16.8. The lowest BCUT2D eigenvalue weighted by atomic mass is 10.0. The van der Waals surface area contributed by atoms with Crippen molar-refractivity contribution in [2.75, 3.05) is 0 Å². The molecule has 0 fully saturated rings. The van der Waals surface area contributed by atoms with Crippen LogP contribution >= 0.6 is 0 Å². The molecule has 0 aliphatic carbocycles. The molecule has 0 aliphatic heterocycles. The maximum atomic E-state index is 9.07. The first-order valence-electron chi connectivity index (χ1n) is 7.90. The summed E-state index contributed by atoms with van der Waals surface area (Å²) in [5.41, 5.74) is 6.99. The van der Waals surface area contributed by atoms with Crippen LogP contribution in [-0.2, 0) is 7.05 Å². The number of benzene rings is 2. The van der Waals surface area contributed by atoms with Gasteiger partial charge in [-0.1, -0.05) is 0 Å². The average molecular weight is 313 g/mol. The predicted molar refractivity (Wildman–Crippen MR) is 94.5 cm³/mol. The lowest BCUT2D eigenvalue weighted by Crippen LogP contribution is -2.31. The number of rotatable bonds is 1. The van der Waals surface area contributed by atoms with Crippen molar-refractivity contribution in [3.63, 3.8) is 0 Å². The molecule has 0 radical (unpaired) electrons. The van der Waals surface area contributed by atoms with E-state index in [0.717, 1.165) is 21.9 Å². The van der Waals surface area contributed by atoms with E-state index in [1.54, 1.807) is 6.07 Å². The van der Waals surface area contributed by atoms with Crippen molar-refractivity contribution in [3.05, 3.63) is 65.4 Å². The molecular formula is C21H17N2O+. The molecule has 116 valence electrons. The van der Waals surface area contributed by atoms with Gasteiger partial charge in [-0.15, -0.1) is 0 Å². The minimum atomic E-state index is 0.614. The van der Waals surface area contributed by atoms with E-state index in [2.05, 4.69) is 62.0 Å². The Labute approximate surface area is 140 Å². The summed E-state index contributed by atoms with van der Waals surface area (Å²) in [6.45, 7) is 4.19. The van der Waals surface area contributed by atoms with Gasteiger partial charge in [-0.3, -0.25) is 0 Å². The van der Waals surface area contributed by atoms with E-state index in [9.17, 15) is 0 Å². The molecule has 4 rings (SSSR count). The van der Waals surface area contributed by atoms with Crippen LogP contribution in [0.15, 0.2) is 53.1 Å². The molecule has 0 saturated carbocycles. The second-order valence-corrected chi connectivity index (χ2v) is 6.29. The molecule has 24 heavy (non-hydrogen) atoms. The number of hydrogen-bond acceptors (Lipinski definition) is 2. The van der Waals surface area contributed by atoms with Gasteiger partial charge >= 0.3 is 0 Å². The fourth-order valence-corrected chi connectivity index (χ4v) is 3.30. The van der Waals surface area contributed by atoms with E-state index in [0.29, 0.717) is 5.56 Å². The van der Waals surface area contributed by atoms with Crippen molar-refractivity contribution in [2.24, 2.45) is 7.05 Å². The number of nitriles is 1. The molecular weight excluding hydrogens is 296 g/mol. The first-order chi connectivity index (χ1) is 11.6. The number of nitrogens with zero attached hydrogens (tertiary/aromatic N) is 2. The maximum Gasteiger partial charge on any atom is 0.212 e. The number of aromatic nitrogens is 1. The summed E-state index contributed by atoms with van der Waals surface area (Å²) in [7, 11) is 2.07. The number of fused-ring (bicyclic) bond motifs is 3. The predicted octanol–water partition coefficient (Wildman–Crippen LogP) is 4.57. The molecule has 4 aromatic rings. The number of hydrogen-bond donors (Lipinski definition) is 0.